The third-order valence-corrected chi connectivity index (χ3v) is 3.08. The normalized spacial score (nSPS) is 32.5. The van der Waals surface area contributed by atoms with Gasteiger partial charge in [0.25, 0.3) is 0 Å². The largest absolute Gasteiger partial charge is 0.316 e. The molecule has 2 rings (SSSR count). The molecule has 1 aliphatic carbocycles. The predicted octanol–water partition coefficient (Wildman–Crippen LogP) is 2.42. The van der Waals surface area contributed by atoms with Crippen LogP contribution >= 0.6 is 0 Å². The van der Waals surface area contributed by atoms with Crippen molar-refractivity contribution in [3.8, 4) is 0 Å². The summed E-state index contributed by atoms with van der Waals surface area (Å²) in [6.45, 7) is 8.99. The van der Waals surface area contributed by atoms with Crippen molar-refractivity contribution in [2.45, 2.75) is 40.0 Å². The third-order valence-electron chi connectivity index (χ3n) is 3.08. The summed E-state index contributed by atoms with van der Waals surface area (Å²) < 4.78 is 0. The van der Waals surface area contributed by atoms with Gasteiger partial charge in [0, 0.05) is 0 Å². The number of hydrogen-bond acceptors (Lipinski definition) is 1. The zero-order valence-corrected chi connectivity index (χ0v) is 8.11. The molecular weight excluding hydrogens is 134 g/mol. The summed E-state index contributed by atoms with van der Waals surface area (Å²) in [6, 6.07) is 0. The first-order valence-electron chi connectivity index (χ1n) is 5.02. The van der Waals surface area contributed by atoms with Crippen molar-refractivity contribution in [1.29, 1.82) is 0 Å². The molecule has 0 aromatic heterocycles. The van der Waals surface area contributed by atoms with Gasteiger partial charge in [0.15, 0.2) is 0 Å². The molecule has 1 heteroatoms. The lowest BCUT2D eigenvalue weighted by Crippen LogP contribution is -2.15. The topological polar surface area (TPSA) is 12.0 Å². The van der Waals surface area contributed by atoms with Gasteiger partial charge < -0.3 is 5.32 Å². The van der Waals surface area contributed by atoms with Crippen LogP contribution in [0.3, 0.4) is 0 Å². The molecule has 1 N–H and O–H groups in total. The van der Waals surface area contributed by atoms with E-state index >= 15 is 0 Å². The molecule has 11 heavy (non-hydrogen) atoms. The molecule has 1 saturated heterocycles. The van der Waals surface area contributed by atoms with Crippen LogP contribution in [-0.4, -0.2) is 13.1 Å². The summed E-state index contributed by atoms with van der Waals surface area (Å²) in [5.41, 5.74) is 0.767. The van der Waals surface area contributed by atoms with Crippen LogP contribution in [0.5, 0.6) is 0 Å². The van der Waals surface area contributed by atoms with Crippen LogP contribution in [0.2, 0.25) is 0 Å². The molecule has 2 fully saturated rings. The average molecular weight is 155 g/mol. The Bertz CT molecular complexity index is 110. The van der Waals surface area contributed by atoms with E-state index in [4.69, 9.17) is 0 Å². The van der Waals surface area contributed by atoms with E-state index in [9.17, 15) is 0 Å². The van der Waals surface area contributed by atoms with E-state index in [0.29, 0.717) is 0 Å². The highest BCUT2D eigenvalue weighted by atomic mass is 14.9. The van der Waals surface area contributed by atoms with E-state index in [1.165, 1.54) is 32.4 Å². The van der Waals surface area contributed by atoms with Crippen LogP contribution in [0.1, 0.15) is 40.0 Å². The van der Waals surface area contributed by atoms with Gasteiger partial charge in [0.2, 0.25) is 0 Å². The Morgan fingerprint density at radius 3 is 2.27 bits per heavy atom. The zero-order valence-electron chi connectivity index (χ0n) is 8.11. The van der Waals surface area contributed by atoms with Crippen LogP contribution in [0, 0.1) is 11.3 Å². The lowest BCUT2D eigenvalue weighted by Gasteiger charge is -2.15. The average Bonchev–Trinajstić information content (AvgIpc) is 2.59. The van der Waals surface area contributed by atoms with Crippen molar-refractivity contribution in [1.82, 2.24) is 5.32 Å². The molecule has 1 heterocycles. The smallest absolute Gasteiger partial charge is 0.00148 e. The Labute approximate surface area is 70.6 Å². The van der Waals surface area contributed by atoms with Crippen molar-refractivity contribution in [3.63, 3.8) is 0 Å². The highest BCUT2D eigenvalue weighted by molar-refractivity contribution is 4.97. The Hall–Kier alpha value is -0.0400. The minimum atomic E-state index is 0.767. The fraction of sp³-hybridized carbons (Fsp3) is 1.00. The minimum absolute atomic E-state index is 0.767. The summed E-state index contributed by atoms with van der Waals surface area (Å²) in [5, 5.41) is 3.42. The summed E-state index contributed by atoms with van der Waals surface area (Å²) in [6.07, 6.45) is 4.40. The molecule has 1 unspecified atom stereocenters. The van der Waals surface area contributed by atoms with E-state index in [-0.39, 0.29) is 0 Å². The molecule has 1 aliphatic heterocycles. The van der Waals surface area contributed by atoms with Gasteiger partial charge in [-0.2, -0.15) is 0 Å². The molecular formula is C10H21N. The third kappa shape index (κ3) is 1.96. The maximum Gasteiger partial charge on any atom is -0.00148 e. The quantitative estimate of drug-likeness (QED) is 0.613. The van der Waals surface area contributed by atoms with Crippen LogP contribution in [0.15, 0.2) is 0 Å². The van der Waals surface area contributed by atoms with Gasteiger partial charge in [-0.05, 0) is 43.7 Å². The van der Waals surface area contributed by atoms with Gasteiger partial charge >= 0.3 is 0 Å². The Kier molecular flexibility index (Phi) is 2.94. The summed E-state index contributed by atoms with van der Waals surface area (Å²) in [4.78, 5) is 0. The fourth-order valence-electron chi connectivity index (χ4n) is 1.85. The molecule has 0 radical (unpaired) electrons. The fourth-order valence-corrected chi connectivity index (χ4v) is 1.85. The Balaban J connectivity index is 0.000000281. The monoisotopic (exact) mass is 155 g/mol. The number of nitrogens with one attached hydrogen (secondary N) is 1. The van der Waals surface area contributed by atoms with E-state index in [0.717, 1.165) is 11.3 Å². The van der Waals surface area contributed by atoms with Gasteiger partial charge in [-0.25, -0.2) is 0 Å². The molecule has 0 aromatic rings. The SMILES string of the molecule is CC.CC1(C2CCNC2)CC1. The summed E-state index contributed by atoms with van der Waals surface area (Å²) >= 11 is 0. The minimum Gasteiger partial charge on any atom is -0.316 e. The molecule has 0 aromatic carbocycles. The van der Waals surface area contributed by atoms with Crippen LogP contribution in [0.25, 0.3) is 0 Å². The van der Waals surface area contributed by atoms with E-state index < -0.39 is 0 Å². The molecule has 1 saturated carbocycles. The maximum atomic E-state index is 3.42. The molecule has 0 spiro atoms. The highest BCUT2D eigenvalue weighted by Crippen LogP contribution is 2.53. The van der Waals surface area contributed by atoms with Crippen LogP contribution in [-0.2, 0) is 0 Å². The van der Waals surface area contributed by atoms with Gasteiger partial charge in [0.05, 0.1) is 0 Å². The molecule has 1 atom stereocenters. The summed E-state index contributed by atoms with van der Waals surface area (Å²) in [5.74, 6) is 1.01. The maximum absolute atomic E-state index is 3.42. The van der Waals surface area contributed by atoms with Gasteiger partial charge in [-0.1, -0.05) is 20.8 Å². The molecule has 0 amide bonds. The van der Waals surface area contributed by atoms with Crippen LogP contribution in [0.4, 0.5) is 0 Å². The van der Waals surface area contributed by atoms with Crippen molar-refractivity contribution < 1.29 is 0 Å². The van der Waals surface area contributed by atoms with Gasteiger partial charge in [0.1, 0.15) is 0 Å². The molecule has 1 nitrogen and oxygen atoms in total. The molecule has 2 aliphatic rings. The Morgan fingerprint density at radius 2 is 1.91 bits per heavy atom. The Morgan fingerprint density at radius 1 is 1.27 bits per heavy atom. The van der Waals surface area contributed by atoms with Gasteiger partial charge in [-0.3, -0.25) is 0 Å². The lowest BCUT2D eigenvalue weighted by atomic mass is 9.90. The second-order valence-electron chi connectivity index (χ2n) is 3.84. The first-order valence-corrected chi connectivity index (χ1v) is 5.02. The molecule has 66 valence electrons. The first kappa shape index (κ1) is 9.05. The lowest BCUT2D eigenvalue weighted by molar-refractivity contribution is 0.364. The summed E-state index contributed by atoms with van der Waals surface area (Å²) in [7, 11) is 0. The van der Waals surface area contributed by atoms with Gasteiger partial charge in [-0.15, -0.1) is 0 Å². The van der Waals surface area contributed by atoms with E-state index in [2.05, 4.69) is 12.2 Å². The van der Waals surface area contributed by atoms with Crippen molar-refractivity contribution >= 4 is 0 Å². The van der Waals surface area contributed by atoms with Crippen LogP contribution < -0.4 is 5.32 Å². The standard InChI is InChI=1S/C8H15N.C2H6/c1-8(3-4-8)7-2-5-9-6-7;1-2/h7,9H,2-6H2,1H3;1-2H3. The highest BCUT2D eigenvalue weighted by Gasteiger charge is 2.45. The van der Waals surface area contributed by atoms with E-state index in [1.54, 1.807) is 0 Å². The second kappa shape index (κ2) is 3.57. The molecule has 0 bridgehead atoms. The first-order chi connectivity index (χ1) is 5.31. The number of rotatable bonds is 1. The van der Waals surface area contributed by atoms with Crippen molar-refractivity contribution in [2.24, 2.45) is 11.3 Å². The zero-order chi connectivity index (χ0) is 8.32. The van der Waals surface area contributed by atoms with E-state index in [1.807, 2.05) is 13.8 Å². The predicted molar refractivity (Wildman–Crippen MR) is 49.7 cm³/mol. The van der Waals surface area contributed by atoms with Crippen molar-refractivity contribution in [2.75, 3.05) is 13.1 Å². The number of hydrogen-bond donors (Lipinski definition) is 1. The van der Waals surface area contributed by atoms with Crippen molar-refractivity contribution in [3.05, 3.63) is 0 Å². The second-order valence-corrected chi connectivity index (χ2v) is 3.84.